The quantitative estimate of drug-likeness (QED) is 0.769. The summed E-state index contributed by atoms with van der Waals surface area (Å²) in [6.07, 6.45) is 0. The lowest BCUT2D eigenvalue weighted by molar-refractivity contribution is 0.441. The highest BCUT2D eigenvalue weighted by Crippen LogP contribution is 2.26. The molecule has 2 N–H and O–H groups in total. The van der Waals surface area contributed by atoms with Crippen molar-refractivity contribution < 1.29 is 9.52 Å². The number of phenols is 1. The first-order valence-corrected chi connectivity index (χ1v) is 6.98. The van der Waals surface area contributed by atoms with Crippen molar-refractivity contribution in [1.82, 2.24) is 10.3 Å². The number of benzene rings is 2. The minimum Gasteiger partial charge on any atom is -0.508 e. The number of aromatic hydroxyl groups is 1. The average Bonchev–Trinajstić information content (AvgIpc) is 2.80. The molecule has 0 fully saturated rings. The van der Waals surface area contributed by atoms with Gasteiger partial charge in [-0.25, -0.2) is 4.98 Å². The van der Waals surface area contributed by atoms with Crippen molar-refractivity contribution in [3.8, 4) is 5.75 Å². The highest BCUT2D eigenvalue weighted by Gasteiger charge is 2.08. The van der Waals surface area contributed by atoms with E-state index in [4.69, 9.17) is 4.42 Å². The van der Waals surface area contributed by atoms with Crippen molar-refractivity contribution in [3.63, 3.8) is 0 Å². The number of hydrogen-bond acceptors (Lipinski definition) is 4. The molecule has 0 aliphatic rings. The van der Waals surface area contributed by atoms with Crippen LogP contribution in [0.1, 0.15) is 22.9 Å². The number of fused-ring (bicyclic) bond motifs is 1. The van der Waals surface area contributed by atoms with Gasteiger partial charge in [-0.3, -0.25) is 0 Å². The summed E-state index contributed by atoms with van der Waals surface area (Å²) in [6, 6.07) is 11.7. The van der Waals surface area contributed by atoms with Crippen molar-refractivity contribution in [1.29, 1.82) is 0 Å². The molecule has 0 saturated carbocycles. The maximum absolute atomic E-state index is 10.1. The molecule has 4 nitrogen and oxygen atoms in total. The van der Waals surface area contributed by atoms with Gasteiger partial charge in [-0.1, -0.05) is 30.3 Å². The minimum atomic E-state index is 0.306. The van der Waals surface area contributed by atoms with Gasteiger partial charge in [-0.05, 0) is 30.7 Å². The Kier molecular flexibility index (Phi) is 3.62. The molecule has 0 aliphatic heterocycles. The summed E-state index contributed by atoms with van der Waals surface area (Å²) in [4.78, 5) is 4.33. The molecular weight excluding hydrogens is 264 g/mol. The van der Waals surface area contributed by atoms with Gasteiger partial charge in [0.1, 0.15) is 11.5 Å². The molecule has 4 heteroatoms. The van der Waals surface area contributed by atoms with E-state index in [-0.39, 0.29) is 0 Å². The molecule has 3 aromatic rings. The fourth-order valence-electron chi connectivity index (χ4n) is 2.42. The zero-order chi connectivity index (χ0) is 14.8. The van der Waals surface area contributed by atoms with E-state index in [1.54, 1.807) is 6.07 Å². The van der Waals surface area contributed by atoms with Crippen LogP contribution in [0.3, 0.4) is 0 Å². The van der Waals surface area contributed by atoms with Gasteiger partial charge in [0.2, 0.25) is 5.89 Å². The highest BCUT2D eigenvalue weighted by atomic mass is 16.4. The Morgan fingerprint density at radius 1 is 1.10 bits per heavy atom. The number of hydrogen-bond donors (Lipinski definition) is 2. The van der Waals surface area contributed by atoms with Crippen LogP contribution in [0, 0.1) is 13.8 Å². The van der Waals surface area contributed by atoms with Crippen molar-refractivity contribution in [2.75, 3.05) is 0 Å². The topological polar surface area (TPSA) is 58.3 Å². The predicted molar refractivity (Wildman–Crippen MR) is 82.1 cm³/mol. The van der Waals surface area contributed by atoms with Crippen molar-refractivity contribution >= 4 is 10.8 Å². The van der Waals surface area contributed by atoms with Gasteiger partial charge >= 0.3 is 0 Å². The zero-order valence-corrected chi connectivity index (χ0v) is 12.2. The molecule has 0 atom stereocenters. The summed E-state index contributed by atoms with van der Waals surface area (Å²) in [6.45, 7) is 4.94. The highest BCUT2D eigenvalue weighted by molar-refractivity contribution is 5.87. The molecule has 3 rings (SSSR count). The van der Waals surface area contributed by atoms with Crippen LogP contribution in [-0.4, -0.2) is 10.1 Å². The van der Waals surface area contributed by atoms with Gasteiger partial charge in [0.05, 0.1) is 12.2 Å². The number of nitrogens with one attached hydrogen (secondary N) is 1. The Morgan fingerprint density at radius 3 is 2.67 bits per heavy atom. The van der Waals surface area contributed by atoms with Crippen molar-refractivity contribution in [2.45, 2.75) is 26.9 Å². The summed E-state index contributed by atoms with van der Waals surface area (Å²) >= 11 is 0. The van der Waals surface area contributed by atoms with Gasteiger partial charge < -0.3 is 14.8 Å². The molecule has 0 spiro atoms. The molecular formula is C17H18N2O2. The zero-order valence-electron chi connectivity index (χ0n) is 12.2. The van der Waals surface area contributed by atoms with Crippen LogP contribution in [0.2, 0.25) is 0 Å². The first kappa shape index (κ1) is 13.6. The van der Waals surface area contributed by atoms with Crippen LogP contribution in [0.25, 0.3) is 10.8 Å². The van der Waals surface area contributed by atoms with E-state index in [2.05, 4.69) is 10.3 Å². The maximum Gasteiger partial charge on any atom is 0.208 e. The van der Waals surface area contributed by atoms with Crippen LogP contribution in [0.4, 0.5) is 0 Å². The Bertz CT molecular complexity index is 758. The number of aromatic nitrogens is 1. The number of nitrogens with zero attached hydrogens (tertiary/aromatic N) is 1. The van der Waals surface area contributed by atoms with E-state index in [1.165, 1.54) is 0 Å². The summed E-state index contributed by atoms with van der Waals surface area (Å²) < 4.78 is 5.53. The summed E-state index contributed by atoms with van der Waals surface area (Å²) in [5, 5.41) is 15.5. The predicted octanol–water partition coefficient (Wildman–Crippen LogP) is 3.44. The smallest absolute Gasteiger partial charge is 0.208 e. The molecule has 1 aromatic heterocycles. The third-order valence-electron chi connectivity index (χ3n) is 3.67. The summed E-state index contributed by atoms with van der Waals surface area (Å²) in [5.41, 5.74) is 1.81. The maximum atomic E-state index is 10.1. The van der Waals surface area contributed by atoms with Crippen LogP contribution in [0.15, 0.2) is 40.8 Å². The van der Waals surface area contributed by atoms with Crippen LogP contribution in [0.5, 0.6) is 5.75 Å². The number of oxazole rings is 1. The molecule has 1 heterocycles. The molecule has 0 radical (unpaired) electrons. The van der Waals surface area contributed by atoms with Gasteiger partial charge in [0.15, 0.2) is 0 Å². The van der Waals surface area contributed by atoms with E-state index in [1.807, 2.05) is 44.2 Å². The number of aryl methyl sites for hydroxylation is 2. The van der Waals surface area contributed by atoms with Crippen molar-refractivity contribution in [3.05, 3.63) is 59.3 Å². The fourth-order valence-corrected chi connectivity index (χ4v) is 2.42. The fraction of sp³-hybridized carbons (Fsp3) is 0.235. The largest absolute Gasteiger partial charge is 0.508 e. The molecule has 21 heavy (non-hydrogen) atoms. The molecule has 2 aromatic carbocycles. The Hall–Kier alpha value is -2.33. The molecule has 0 bridgehead atoms. The summed E-state index contributed by atoms with van der Waals surface area (Å²) in [7, 11) is 0. The normalized spacial score (nSPS) is 11.1. The van der Waals surface area contributed by atoms with Crippen LogP contribution < -0.4 is 5.32 Å². The Balaban J connectivity index is 1.77. The third kappa shape index (κ3) is 2.76. The molecule has 0 saturated heterocycles. The average molecular weight is 282 g/mol. The minimum absolute atomic E-state index is 0.306. The van der Waals surface area contributed by atoms with E-state index in [0.29, 0.717) is 24.7 Å². The van der Waals surface area contributed by atoms with E-state index >= 15 is 0 Å². The van der Waals surface area contributed by atoms with Gasteiger partial charge in [0.25, 0.3) is 0 Å². The molecule has 108 valence electrons. The monoisotopic (exact) mass is 282 g/mol. The lowest BCUT2D eigenvalue weighted by atomic mass is 10.0. The lowest BCUT2D eigenvalue weighted by Gasteiger charge is -2.09. The van der Waals surface area contributed by atoms with Gasteiger partial charge in [-0.15, -0.1) is 0 Å². The number of rotatable bonds is 4. The molecule has 0 amide bonds. The molecule has 0 aliphatic carbocycles. The first-order valence-electron chi connectivity index (χ1n) is 6.98. The molecule has 0 unspecified atom stereocenters. The SMILES string of the molecule is Cc1nc(CNCc2c(O)ccc3ccccc23)oc1C. The first-order chi connectivity index (χ1) is 10.1. The van der Waals surface area contributed by atoms with E-state index in [0.717, 1.165) is 27.8 Å². The summed E-state index contributed by atoms with van der Waals surface area (Å²) in [5.74, 6) is 1.82. The second-order valence-electron chi connectivity index (χ2n) is 5.14. The van der Waals surface area contributed by atoms with Gasteiger partial charge in [0, 0.05) is 12.1 Å². The second kappa shape index (κ2) is 5.58. The van der Waals surface area contributed by atoms with Gasteiger partial charge in [-0.2, -0.15) is 0 Å². The third-order valence-corrected chi connectivity index (χ3v) is 3.67. The van der Waals surface area contributed by atoms with Crippen LogP contribution >= 0.6 is 0 Å². The van der Waals surface area contributed by atoms with E-state index < -0.39 is 0 Å². The number of phenolic OH excluding ortho intramolecular Hbond substituents is 1. The second-order valence-corrected chi connectivity index (χ2v) is 5.14. The standard InChI is InChI=1S/C17H18N2O2/c1-11-12(2)21-17(19-11)10-18-9-15-14-6-4-3-5-13(14)7-8-16(15)20/h3-8,18,20H,9-10H2,1-2H3. The van der Waals surface area contributed by atoms with E-state index in [9.17, 15) is 5.11 Å². The lowest BCUT2D eigenvalue weighted by Crippen LogP contribution is -2.13. The Morgan fingerprint density at radius 2 is 1.90 bits per heavy atom. The van der Waals surface area contributed by atoms with Crippen LogP contribution in [-0.2, 0) is 13.1 Å². The van der Waals surface area contributed by atoms with Crippen molar-refractivity contribution in [2.24, 2.45) is 0 Å². The Labute approximate surface area is 123 Å².